The number of carbonyl (C=O) groups excluding carboxylic acids is 1. The molecule has 1 fully saturated rings. The number of fused-ring (bicyclic) bond motifs is 1. The number of aromatic nitrogens is 2. The number of nitrogens with one attached hydrogen (secondary N) is 1. The SMILES string of the molecule is C=C(C)C(F)(F)c1ncn(CC23C=C(C(C)O)C(=O)NI2C3)c(=O)c1Oc1cc(Cl)cc(C#N)c1. The van der Waals surface area contributed by atoms with Crippen LogP contribution in [0.25, 0.3) is 0 Å². The predicted molar refractivity (Wildman–Crippen MR) is 133 cm³/mol. The topological polar surface area (TPSA) is 117 Å². The Morgan fingerprint density at radius 1 is 1.49 bits per heavy atom. The van der Waals surface area contributed by atoms with Gasteiger partial charge in [0, 0.05) is 0 Å². The van der Waals surface area contributed by atoms with Gasteiger partial charge in [0.25, 0.3) is 0 Å². The Morgan fingerprint density at radius 3 is 2.83 bits per heavy atom. The van der Waals surface area contributed by atoms with E-state index in [2.05, 4.69) is 15.1 Å². The molecule has 2 unspecified atom stereocenters. The fourth-order valence-electron chi connectivity index (χ4n) is 3.59. The first-order chi connectivity index (χ1) is 16.4. The average Bonchev–Trinajstić information content (AvgIpc) is 3.47. The first-order valence-corrected chi connectivity index (χ1v) is 14.3. The van der Waals surface area contributed by atoms with E-state index in [9.17, 15) is 28.7 Å². The summed E-state index contributed by atoms with van der Waals surface area (Å²) in [5.41, 5.74) is -1.99. The first-order valence-electron chi connectivity index (χ1n) is 10.3. The van der Waals surface area contributed by atoms with Gasteiger partial charge in [-0.3, -0.25) is 0 Å². The summed E-state index contributed by atoms with van der Waals surface area (Å²) in [6.07, 6.45) is 1.72. The van der Waals surface area contributed by atoms with Gasteiger partial charge in [0.2, 0.25) is 0 Å². The number of nitrogens with zero attached hydrogens (tertiary/aromatic N) is 3. The number of nitriles is 1. The summed E-state index contributed by atoms with van der Waals surface area (Å²) >= 11 is 4.02. The van der Waals surface area contributed by atoms with Gasteiger partial charge in [-0.15, -0.1) is 0 Å². The van der Waals surface area contributed by atoms with Crippen LogP contribution < -0.4 is 13.8 Å². The summed E-state index contributed by atoms with van der Waals surface area (Å²) in [5.74, 6) is -4.79. The normalized spacial score (nSPS) is 20.8. The molecule has 3 heterocycles. The third-order valence-electron chi connectivity index (χ3n) is 5.54. The number of amides is 1. The van der Waals surface area contributed by atoms with E-state index in [1.165, 1.54) is 25.1 Å². The Labute approximate surface area is 211 Å². The standard InChI is InChI=1S/C23H20ClF2IN4O4/c1-12(2)23(25,26)19-18(35-16-5-14(8-28)4-15(24)6-16)21(34)31(11-29-19)10-22-7-17(13(3)32)20(33)30-27(22)9-22/h4-7,11,13,32H,1,9-10H2,2-3H3,(H,30,33). The number of hydrogen-bond donors (Lipinski definition) is 2. The molecule has 2 aliphatic heterocycles. The molecule has 184 valence electrons. The number of halogens is 4. The Bertz CT molecular complexity index is 1380. The van der Waals surface area contributed by atoms with E-state index in [-0.39, 0.29) is 34.4 Å². The molecule has 8 nitrogen and oxygen atoms in total. The number of allylic oxidation sites excluding steroid dienone is 2. The molecule has 1 aromatic carbocycles. The van der Waals surface area contributed by atoms with Crippen LogP contribution in [0, 0.1) is 11.3 Å². The number of aliphatic hydroxyl groups excluding tert-OH is 1. The molecular formula is C23H20ClF2IN4O4. The van der Waals surface area contributed by atoms with Gasteiger partial charge < -0.3 is 0 Å². The van der Waals surface area contributed by atoms with Crippen molar-refractivity contribution in [1.29, 1.82) is 5.26 Å². The van der Waals surface area contributed by atoms with Gasteiger partial charge >= 0.3 is 212 Å². The van der Waals surface area contributed by atoms with Crippen LogP contribution >= 0.6 is 31.7 Å². The van der Waals surface area contributed by atoms with Crippen molar-refractivity contribution in [3.63, 3.8) is 0 Å². The van der Waals surface area contributed by atoms with Crippen LogP contribution in [0.5, 0.6) is 11.5 Å². The molecule has 2 N–H and O–H groups in total. The third-order valence-corrected chi connectivity index (χ3v) is 11.7. The summed E-state index contributed by atoms with van der Waals surface area (Å²) in [4.78, 5) is 29.4. The molecule has 2 atom stereocenters. The van der Waals surface area contributed by atoms with Crippen LogP contribution in [-0.4, -0.2) is 34.5 Å². The van der Waals surface area contributed by atoms with E-state index >= 15 is 0 Å². The molecule has 12 heteroatoms. The van der Waals surface area contributed by atoms with Gasteiger partial charge in [0.1, 0.15) is 0 Å². The zero-order valence-electron chi connectivity index (χ0n) is 18.6. The summed E-state index contributed by atoms with van der Waals surface area (Å²) in [7, 11) is 0. The van der Waals surface area contributed by atoms with E-state index in [0.717, 1.165) is 17.8 Å². The average molecular weight is 617 g/mol. The van der Waals surface area contributed by atoms with Crippen molar-refractivity contribution in [2.45, 2.75) is 35.8 Å². The maximum absolute atomic E-state index is 15.0. The number of benzene rings is 1. The van der Waals surface area contributed by atoms with E-state index in [1.54, 1.807) is 6.08 Å². The van der Waals surface area contributed by atoms with Gasteiger partial charge in [0.15, 0.2) is 0 Å². The van der Waals surface area contributed by atoms with Crippen LogP contribution in [0.3, 0.4) is 0 Å². The zero-order valence-corrected chi connectivity index (χ0v) is 21.5. The first kappa shape index (κ1) is 25.3. The monoisotopic (exact) mass is 616 g/mol. The van der Waals surface area contributed by atoms with E-state index in [4.69, 9.17) is 16.3 Å². The number of aliphatic hydroxyl groups is 1. The quantitative estimate of drug-likeness (QED) is 0.211. The van der Waals surface area contributed by atoms with Crippen molar-refractivity contribution >= 4 is 37.6 Å². The Balaban J connectivity index is 1.80. The second kappa shape index (κ2) is 9.00. The molecule has 0 spiro atoms. The number of ether oxygens (including phenoxy) is 1. The van der Waals surface area contributed by atoms with Gasteiger partial charge in [-0.2, -0.15) is 0 Å². The molecule has 2 aliphatic rings. The van der Waals surface area contributed by atoms with E-state index < -0.39 is 58.1 Å². The molecule has 2 aromatic rings. The predicted octanol–water partition coefficient (Wildman–Crippen LogP) is 3.84. The third kappa shape index (κ3) is 4.70. The van der Waals surface area contributed by atoms with Crippen molar-refractivity contribution in [2.75, 3.05) is 4.43 Å². The van der Waals surface area contributed by atoms with Gasteiger partial charge in [0.05, 0.1) is 0 Å². The number of alkyl halides is 4. The van der Waals surface area contributed by atoms with Crippen LogP contribution in [-0.2, 0) is 17.3 Å². The van der Waals surface area contributed by atoms with Crippen LogP contribution in [0.4, 0.5) is 8.78 Å². The number of hydrogen-bond acceptors (Lipinski definition) is 6. The summed E-state index contributed by atoms with van der Waals surface area (Å²) < 4.78 is 39.7. The minimum atomic E-state index is -3.67. The fourth-order valence-corrected chi connectivity index (χ4v) is 9.49. The summed E-state index contributed by atoms with van der Waals surface area (Å²) in [6, 6.07) is 5.80. The molecule has 0 radical (unpaired) electrons. The second-order valence-corrected chi connectivity index (χ2v) is 14.3. The van der Waals surface area contributed by atoms with E-state index in [0.29, 0.717) is 4.43 Å². The molecule has 0 aliphatic carbocycles. The molecule has 0 bridgehead atoms. The van der Waals surface area contributed by atoms with Crippen molar-refractivity contribution in [1.82, 2.24) is 13.1 Å². The van der Waals surface area contributed by atoms with Crippen molar-refractivity contribution in [2.24, 2.45) is 0 Å². The molecule has 1 aromatic heterocycles. The van der Waals surface area contributed by atoms with Gasteiger partial charge in [-0.25, -0.2) is 0 Å². The van der Waals surface area contributed by atoms with Crippen LogP contribution in [0.15, 0.2) is 53.1 Å². The number of carbonyl (C=O) groups is 1. The molecule has 0 saturated carbocycles. The fraction of sp³-hybridized carbons (Fsp3) is 0.304. The molecular weight excluding hydrogens is 597 g/mol. The molecule has 1 amide bonds. The zero-order chi connectivity index (χ0) is 25.7. The maximum atomic E-state index is 15.0. The van der Waals surface area contributed by atoms with Crippen molar-refractivity contribution < 1.29 is 23.4 Å². The Morgan fingerprint density at radius 2 is 2.20 bits per heavy atom. The van der Waals surface area contributed by atoms with Crippen LogP contribution in [0.2, 0.25) is 5.02 Å². The molecule has 35 heavy (non-hydrogen) atoms. The van der Waals surface area contributed by atoms with Gasteiger partial charge in [-0.1, -0.05) is 0 Å². The van der Waals surface area contributed by atoms with Crippen molar-refractivity contribution in [3.8, 4) is 17.6 Å². The molecule has 1 saturated heterocycles. The second-order valence-electron chi connectivity index (χ2n) is 8.33. The van der Waals surface area contributed by atoms with Gasteiger partial charge in [-0.05, 0) is 0 Å². The summed E-state index contributed by atoms with van der Waals surface area (Å²) in [5, 5.41) is 19.2. The minimum absolute atomic E-state index is 0.0778. The van der Waals surface area contributed by atoms with E-state index in [1.807, 2.05) is 6.07 Å². The summed E-state index contributed by atoms with van der Waals surface area (Å²) in [6.45, 7) is 5.96. The van der Waals surface area contributed by atoms with Crippen molar-refractivity contribution in [3.05, 3.63) is 75.0 Å². The van der Waals surface area contributed by atoms with Crippen LogP contribution in [0.1, 0.15) is 25.1 Å². The Hall–Kier alpha value is -2.82. The Kier molecular flexibility index (Phi) is 6.50. The molecule has 4 rings (SSSR count). The number of rotatable bonds is 7.